The Morgan fingerprint density at radius 1 is 0.935 bits per heavy atom. The summed E-state index contributed by atoms with van der Waals surface area (Å²) in [6.45, 7) is 5.88. The molecule has 0 saturated heterocycles. The van der Waals surface area contributed by atoms with Gasteiger partial charge in [0.15, 0.2) is 0 Å². The Hall–Kier alpha value is -2.26. The van der Waals surface area contributed by atoms with E-state index in [4.69, 9.17) is 4.74 Å². The molecule has 1 aliphatic rings. The first-order chi connectivity index (χ1) is 15.0. The summed E-state index contributed by atoms with van der Waals surface area (Å²) in [5.41, 5.74) is 3.34. The fourth-order valence-electron chi connectivity index (χ4n) is 4.31. The number of allylic oxidation sites excluding steroid dienone is 3. The van der Waals surface area contributed by atoms with Gasteiger partial charge in [0, 0.05) is 0 Å². The minimum Gasteiger partial charge on any atom is -0.316 e. The van der Waals surface area contributed by atoms with E-state index in [0.717, 1.165) is 49.7 Å². The minimum absolute atomic E-state index is 0.0156. The summed E-state index contributed by atoms with van der Waals surface area (Å²) >= 11 is 0. The molecule has 2 aromatic carbocycles. The lowest BCUT2D eigenvalue weighted by Gasteiger charge is -2.27. The number of hydrogen-bond acceptors (Lipinski definition) is 1. The Bertz CT molecular complexity index is 828. The number of aryl methyl sites for hydroxylation is 1. The van der Waals surface area contributed by atoms with Crippen LogP contribution in [0.1, 0.15) is 67.2 Å². The minimum atomic E-state index is -3.27. The molecule has 1 saturated carbocycles. The molecule has 1 fully saturated rings. The maximum Gasteiger partial charge on any atom is 0.383 e. The molecule has 31 heavy (non-hydrogen) atoms. The number of rotatable bonds is 10. The van der Waals surface area contributed by atoms with E-state index in [1.54, 1.807) is 0 Å². The van der Waals surface area contributed by atoms with Crippen molar-refractivity contribution >= 4 is 0 Å². The van der Waals surface area contributed by atoms with Gasteiger partial charge in [-0.3, -0.25) is 0 Å². The number of benzene rings is 2. The Morgan fingerprint density at radius 3 is 2.13 bits per heavy atom. The first-order valence-corrected chi connectivity index (χ1v) is 11.5. The smallest absolute Gasteiger partial charge is 0.316 e. The summed E-state index contributed by atoms with van der Waals surface area (Å²) in [6.07, 6.45) is 9.88. The zero-order valence-electron chi connectivity index (χ0n) is 18.5. The maximum atomic E-state index is 14.5. The summed E-state index contributed by atoms with van der Waals surface area (Å²) in [5, 5.41) is 0. The van der Waals surface area contributed by atoms with Gasteiger partial charge in [0.1, 0.15) is 0 Å². The molecule has 0 aliphatic heterocycles. The van der Waals surface area contributed by atoms with Crippen molar-refractivity contribution in [2.75, 3.05) is 6.61 Å². The molecule has 1 aliphatic carbocycles. The predicted molar refractivity (Wildman–Crippen MR) is 124 cm³/mol. The van der Waals surface area contributed by atoms with Gasteiger partial charge in [0.2, 0.25) is 0 Å². The van der Waals surface area contributed by atoms with Crippen molar-refractivity contribution in [3.8, 4) is 0 Å². The molecule has 0 aromatic heterocycles. The van der Waals surface area contributed by atoms with Gasteiger partial charge >= 0.3 is 6.11 Å². The van der Waals surface area contributed by atoms with Crippen LogP contribution >= 0.6 is 0 Å². The second kappa shape index (κ2) is 11.4. The number of halogens is 2. The molecule has 3 rings (SSSR count). The molecule has 0 amide bonds. The second-order valence-corrected chi connectivity index (χ2v) is 8.51. The third-order valence-electron chi connectivity index (χ3n) is 6.36. The second-order valence-electron chi connectivity index (χ2n) is 8.51. The summed E-state index contributed by atoms with van der Waals surface area (Å²) < 4.78 is 34.0. The first kappa shape index (κ1) is 23.4. The van der Waals surface area contributed by atoms with Gasteiger partial charge in [-0.1, -0.05) is 66.8 Å². The standard InChI is InChI=1S/C28H34F2O/c1-3-5-6-7-23-8-10-24(11-9-23)20-21-31-28(29,30)27-18-16-26(17-19-27)25-14-12-22(4-2)13-15-25/h3-5,8-11,16-19,22,25H,2,6-7,12-15,20-21H2,1H3. The Morgan fingerprint density at radius 2 is 1.55 bits per heavy atom. The van der Waals surface area contributed by atoms with Crippen LogP contribution in [0.2, 0.25) is 0 Å². The molecule has 0 spiro atoms. The van der Waals surface area contributed by atoms with Crippen LogP contribution in [0.5, 0.6) is 0 Å². The molecule has 0 atom stereocenters. The van der Waals surface area contributed by atoms with Crippen molar-refractivity contribution in [1.29, 1.82) is 0 Å². The SMILES string of the molecule is C=CC1CCC(c2ccc(C(F)(F)OCCc3ccc(CCC=CC)cc3)cc2)CC1. The Labute approximate surface area is 185 Å². The largest absolute Gasteiger partial charge is 0.383 e. The zero-order chi connectivity index (χ0) is 22.1. The Balaban J connectivity index is 1.48. The van der Waals surface area contributed by atoms with E-state index in [1.807, 2.05) is 43.3 Å². The lowest BCUT2D eigenvalue weighted by Crippen LogP contribution is -2.20. The van der Waals surface area contributed by atoms with Crippen LogP contribution in [-0.2, 0) is 23.7 Å². The lowest BCUT2D eigenvalue weighted by molar-refractivity contribution is -0.248. The number of alkyl halides is 2. The zero-order valence-corrected chi connectivity index (χ0v) is 18.5. The van der Waals surface area contributed by atoms with Crippen molar-refractivity contribution in [3.05, 3.63) is 95.6 Å². The molecule has 3 heteroatoms. The predicted octanol–water partition coefficient (Wildman–Crippen LogP) is 7.96. The van der Waals surface area contributed by atoms with E-state index in [9.17, 15) is 8.78 Å². The van der Waals surface area contributed by atoms with Crippen molar-refractivity contribution in [2.24, 2.45) is 5.92 Å². The third kappa shape index (κ3) is 6.87. The summed E-state index contributed by atoms with van der Waals surface area (Å²) in [7, 11) is 0. The molecule has 0 heterocycles. The molecule has 2 aromatic rings. The highest BCUT2D eigenvalue weighted by molar-refractivity contribution is 5.28. The number of ether oxygens (including phenoxy) is 1. The average Bonchev–Trinajstić information content (AvgIpc) is 2.80. The van der Waals surface area contributed by atoms with Crippen LogP contribution in [0.15, 0.2) is 73.3 Å². The van der Waals surface area contributed by atoms with Gasteiger partial charge in [-0.25, -0.2) is 0 Å². The quantitative estimate of drug-likeness (QED) is 0.351. The van der Waals surface area contributed by atoms with Gasteiger partial charge in [-0.05, 0) is 80.4 Å². The van der Waals surface area contributed by atoms with Crippen molar-refractivity contribution in [3.63, 3.8) is 0 Å². The van der Waals surface area contributed by atoms with Gasteiger partial charge in [0.25, 0.3) is 0 Å². The topological polar surface area (TPSA) is 9.23 Å². The normalized spacial score (nSPS) is 19.6. The van der Waals surface area contributed by atoms with E-state index in [1.165, 1.54) is 17.7 Å². The van der Waals surface area contributed by atoms with Gasteiger partial charge in [-0.15, -0.1) is 6.58 Å². The highest BCUT2D eigenvalue weighted by atomic mass is 19.3. The van der Waals surface area contributed by atoms with Crippen LogP contribution < -0.4 is 0 Å². The molecule has 0 unspecified atom stereocenters. The third-order valence-corrected chi connectivity index (χ3v) is 6.36. The van der Waals surface area contributed by atoms with E-state index in [-0.39, 0.29) is 12.2 Å². The average molecular weight is 425 g/mol. The van der Waals surface area contributed by atoms with Crippen LogP contribution in [0.3, 0.4) is 0 Å². The van der Waals surface area contributed by atoms with E-state index in [0.29, 0.717) is 18.3 Å². The molecular formula is C28H34F2O. The van der Waals surface area contributed by atoms with Crippen molar-refractivity contribution in [1.82, 2.24) is 0 Å². The maximum absolute atomic E-state index is 14.5. The lowest BCUT2D eigenvalue weighted by atomic mass is 9.79. The highest BCUT2D eigenvalue weighted by Crippen LogP contribution is 2.37. The first-order valence-electron chi connectivity index (χ1n) is 11.5. The summed E-state index contributed by atoms with van der Waals surface area (Å²) in [4.78, 5) is 0. The van der Waals surface area contributed by atoms with Crippen molar-refractivity contribution in [2.45, 2.75) is 63.9 Å². The van der Waals surface area contributed by atoms with Gasteiger partial charge in [-0.2, -0.15) is 8.78 Å². The monoisotopic (exact) mass is 424 g/mol. The molecule has 1 nitrogen and oxygen atoms in total. The molecule has 0 bridgehead atoms. The molecule has 0 N–H and O–H groups in total. The van der Waals surface area contributed by atoms with E-state index >= 15 is 0 Å². The summed E-state index contributed by atoms with van der Waals surface area (Å²) in [6, 6.07) is 14.9. The van der Waals surface area contributed by atoms with E-state index < -0.39 is 6.11 Å². The van der Waals surface area contributed by atoms with Gasteiger partial charge < -0.3 is 4.74 Å². The van der Waals surface area contributed by atoms with E-state index in [2.05, 4.69) is 24.8 Å². The Kier molecular flexibility index (Phi) is 8.60. The van der Waals surface area contributed by atoms with Crippen LogP contribution in [0.25, 0.3) is 0 Å². The van der Waals surface area contributed by atoms with Crippen LogP contribution in [0, 0.1) is 5.92 Å². The fraction of sp³-hybridized carbons (Fsp3) is 0.429. The van der Waals surface area contributed by atoms with Gasteiger partial charge in [0.05, 0.1) is 12.2 Å². The molecule has 0 radical (unpaired) electrons. The van der Waals surface area contributed by atoms with Crippen LogP contribution in [-0.4, -0.2) is 6.61 Å². The van der Waals surface area contributed by atoms with Crippen LogP contribution in [0.4, 0.5) is 8.78 Å². The highest BCUT2D eigenvalue weighted by Gasteiger charge is 2.33. The fourth-order valence-corrected chi connectivity index (χ4v) is 4.31. The van der Waals surface area contributed by atoms with Crippen molar-refractivity contribution < 1.29 is 13.5 Å². The number of hydrogen-bond donors (Lipinski definition) is 0. The molecular weight excluding hydrogens is 390 g/mol. The molecule has 166 valence electrons. The summed E-state index contributed by atoms with van der Waals surface area (Å²) in [5.74, 6) is 1.06.